The molecule has 1 N–H and O–H groups in total. The van der Waals surface area contributed by atoms with Gasteiger partial charge in [-0.15, -0.1) is 0 Å². The second kappa shape index (κ2) is 7.80. The number of benzene rings is 2. The van der Waals surface area contributed by atoms with E-state index in [0.29, 0.717) is 36.3 Å². The van der Waals surface area contributed by atoms with Gasteiger partial charge < -0.3 is 10.1 Å². The molecule has 1 amide bonds. The number of anilines is 1. The number of methoxy groups -OCH3 is 1. The van der Waals surface area contributed by atoms with Gasteiger partial charge in [-0.2, -0.15) is 4.31 Å². The number of nitrogens with one attached hydrogen (secondary N) is 1. The molecular weight excluding hydrogens is 396 g/mol. The zero-order valence-electron chi connectivity index (χ0n) is 15.7. The molecule has 29 heavy (non-hydrogen) atoms. The summed E-state index contributed by atoms with van der Waals surface area (Å²) in [6.45, 7) is 0.447. The van der Waals surface area contributed by atoms with E-state index in [1.54, 1.807) is 43.5 Å². The third-order valence-corrected chi connectivity index (χ3v) is 6.88. The molecule has 10 heteroatoms. The molecule has 0 spiro atoms. The summed E-state index contributed by atoms with van der Waals surface area (Å²) in [5.74, 6) is 0.0288. The van der Waals surface area contributed by atoms with Crippen molar-refractivity contribution in [2.45, 2.75) is 17.7 Å². The van der Waals surface area contributed by atoms with E-state index in [-0.39, 0.29) is 22.9 Å². The molecular formula is C19H20N4O5S. The summed E-state index contributed by atoms with van der Waals surface area (Å²) in [5, 5.41) is 10.3. The summed E-state index contributed by atoms with van der Waals surface area (Å²) >= 11 is 0. The standard InChI is InChI=1S/C19H20N4O5S/c1-27-15-9-7-14(8-10-15)20-19(24)13-4-3-11-23(12-13)29(25,26)17-6-2-5-16-18(17)22-28-21-16/h2,5-10,13H,3-4,11-12H2,1H3,(H,20,24)/t13-/m0/s1. The van der Waals surface area contributed by atoms with Crippen molar-refractivity contribution < 1.29 is 22.6 Å². The lowest BCUT2D eigenvalue weighted by Gasteiger charge is -2.31. The summed E-state index contributed by atoms with van der Waals surface area (Å²) in [5.41, 5.74) is 1.20. The largest absolute Gasteiger partial charge is 0.497 e. The van der Waals surface area contributed by atoms with Gasteiger partial charge in [0.05, 0.1) is 13.0 Å². The lowest BCUT2D eigenvalue weighted by atomic mass is 9.99. The third kappa shape index (κ3) is 3.81. The normalized spacial score (nSPS) is 17.9. The fourth-order valence-electron chi connectivity index (χ4n) is 3.42. The zero-order valence-corrected chi connectivity index (χ0v) is 16.6. The van der Waals surface area contributed by atoms with Gasteiger partial charge in [-0.3, -0.25) is 4.79 Å². The number of hydrogen-bond acceptors (Lipinski definition) is 7. The predicted molar refractivity (Wildman–Crippen MR) is 105 cm³/mol. The van der Waals surface area contributed by atoms with Crippen molar-refractivity contribution in [1.82, 2.24) is 14.6 Å². The average Bonchev–Trinajstić information content (AvgIpc) is 3.23. The van der Waals surface area contributed by atoms with E-state index in [1.165, 1.54) is 10.4 Å². The second-order valence-corrected chi connectivity index (χ2v) is 8.71. The molecule has 3 aromatic rings. The molecule has 1 aliphatic rings. The van der Waals surface area contributed by atoms with Gasteiger partial charge in [0.15, 0.2) is 5.52 Å². The van der Waals surface area contributed by atoms with E-state index < -0.39 is 15.9 Å². The Morgan fingerprint density at radius 2 is 2.00 bits per heavy atom. The van der Waals surface area contributed by atoms with Crippen LogP contribution in [0.3, 0.4) is 0 Å². The van der Waals surface area contributed by atoms with Crippen LogP contribution in [0.5, 0.6) is 5.75 Å². The van der Waals surface area contributed by atoms with Crippen molar-refractivity contribution >= 4 is 32.7 Å². The van der Waals surface area contributed by atoms with Gasteiger partial charge in [-0.05, 0) is 59.6 Å². The topological polar surface area (TPSA) is 115 Å². The van der Waals surface area contributed by atoms with E-state index >= 15 is 0 Å². The molecule has 0 aliphatic carbocycles. The summed E-state index contributed by atoms with van der Waals surface area (Å²) < 4.78 is 37.4. The van der Waals surface area contributed by atoms with Gasteiger partial charge in [-0.1, -0.05) is 6.07 Å². The lowest BCUT2D eigenvalue weighted by molar-refractivity contribution is -0.120. The van der Waals surface area contributed by atoms with Crippen LogP contribution in [-0.2, 0) is 14.8 Å². The first-order valence-corrected chi connectivity index (χ1v) is 10.6. The van der Waals surface area contributed by atoms with Gasteiger partial charge in [0, 0.05) is 18.8 Å². The summed E-state index contributed by atoms with van der Waals surface area (Å²) in [6, 6.07) is 11.7. The SMILES string of the molecule is COc1ccc(NC(=O)[C@H]2CCCN(S(=O)(=O)c3cccc4nonc34)C2)cc1. The minimum Gasteiger partial charge on any atom is -0.497 e. The Morgan fingerprint density at radius 3 is 2.76 bits per heavy atom. The fourth-order valence-corrected chi connectivity index (χ4v) is 5.08. The Labute approximate surface area is 167 Å². The van der Waals surface area contributed by atoms with E-state index in [4.69, 9.17) is 4.74 Å². The quantitative estimate of drug-likeness (QED) is 0.678. The van der Waals surface area contributed by atoms with Gasteiger partial charge in [0.2, 0.25) is 15.9 Å². The molecule has 4 rings (SSSR count). The van der Waals surface area contributed by atoms with Gasteiger partial charge >= 0.3 is 0 Å². The maximum atomic E-state index is 13.2. The summed E-state index contributed by atoms with van der Waals surface area (Å²) in [6.07, 6.45) is 1.21. The Bertz CT molecular complexity index is 1130. The number of piperidine rings is 1. The lowest BCUT2D eigenvalue weighted by Crippen LogP contribution is -2.43. The molecule has 9 nitrogen and oxygen atoms in total. The van der Waals surface area contributed by atoms with Crippen LogP contribution in [0.4, 0.5) is 5.69 Å². The highest BCUT2D eigenvalue weighted by molar-refractivity contribution is 7.89. The third-order valence-electron chi connectivity index (χ3n) is 4.98. The monoisotopic (exact) mass is 416 g/mol. The van der Waals surface area contributed by atoms with Gasteiger partial charge in [0.1, 0.15) is 16.2 Å². The van der Waals surface area contributed by atoms with Crippen LogP contribution in [0.2, 0.25) is 0 Å². The molecule has 1 aliphatic heterocycles. The Hall–Kier alpha value is -2.98. The second-order valence-electron chi connectivity index (χ2n) is 6.81. The number of hydrogen-bond donors (Lipinski definition) is 1. The molecule has 0 radical (unpaired) electrons. The van der Waals surface area contributed by atoms with Crippen LogP contribution >= 0.6 is 0 Å². The van der Waals surface area contributed by atoms with Gasteiger partial charge in [0.25, 0.3) is 0 Å². The summed E-state index contributed by atoms with van der Waals surface area (Å²) in [7, 11) is -2.26. The first kappa shape index (κ1) is 19.3. The van der Waals surface area contributed by atoms with Crippen LogP contribution < -0.4 is 10.1 Å². The van der Waals surface area contributed by atoms with Crippen molar-refractivity contribution in [3.05, 3.63) is 42.5 Å². The smallest absolute Gasteiger partial charge is 0.245 e. The summed E-state index contributed by atoms with van der Waals surface area (Å²) in [4.78, 5) is 12.7. The Kier molecular flexibility index (Phi) is 5.20. The number of sulfonamides is 1. The van der Waals surface area contributed by atoms with Crippen LogP contribution in [0, 0.1) is 5.92 Å². The molecule has 0 unspecified atom stereocenters. The Balaban J connectivity index is 1.51. The number of carbonyl (C=O) groups is 1. The molecule has 2 aromatic carbocycles. The van der Waals surface area contributed by atoms with Crippen molar-refractivity contribution in [1.29, 1.82) is 0 Å². The molecule has 0 saturated carbocycles. The molecule has 2 heterocycles. The predicted octanol–water partition coefficient (Wildman–Crippen LogP) is 2.27. The van der Waals surface area contributed by atoms with Gasteiger partial charge in [-0.25, -0.2) is 13.0 Å². The first-order valence-electron chi connectivity index (χ1n) is 9.15. The molecule has 1 atom stereocenters. The minimum absolute atomic E-state index is 0.0347. The zero-order chi connectivity index (χ0) is 20.4. The number of ether oxygens (including phenoxy) is 1. The van der Waals surface area contributed by atoms with Crippen LogP contribution in [0.1, 0.15) is 12.8 Å². The average molecular weight is 416 g/mol. The molecule has 1 aromatic heterocycles. The fraction of sp³-hybridized carbons (Fsp3) is 0.316. The van der Waals surface area contributed by atoms with Crippen LogP contribution in [0.15, 0.2) is 52.0 Å². The maximum absolute atomic E-state index is 13.2. The van der Waals surface area contributed by atoms with E-state index in [1.807, 2.05) is 0 Å². The highest BCUT2D eigenvalue weighted by Crippen LogP contribution is 2.28. The minimum atomic E-state index is -3.83. The van der Waals surface area contributed by atoms with Crippen molar-refractivity contribution in [3.8, 4) is 5.75 Å². The van der Waals surface area contributed by atoms with E-state index in [2.05, 4.69) is 20.3 Å². The van der Waals surface area contributed by atoms with Crippen LogP contribution in [0.25, 0.3) is 11.0 Å². The number of aromatic nitrogens is 2. The number of amides is 1. The van der Waals surface area contributed by atoms with Crippen molar-refractivity contribution in [3.63, 3.8) is 0 Å². The number of fused-ring (bicyclic) bond motifs is 1. The first-order chi connectivity index (χ1) is 14.0. The number of nitrogens with zero attached hydrogens (tertiary/aromatic N) is 3. The number of rotatable bonds is 5. The maximum Gasteiger partial charge on any atom is 0.245 e. The molecule has 0 bridgehead atoms. The highest BCUT2D eigenvalue weighted by Gasteiger charge is 2.34. The van der Waals surface area contributed by atoms with E-state index in [0.717, 1.165) is 0 Å². The van der Waals surface area contributed by atoms with Crippen molar-refractivity contribution in [2.75, 3.05) is 25.5 Å². The van der Waals surface area contributed by atoms with E-state index in [9.17, 15) is 13.2 Å². The van der Waals surface area contributed by atoms with Crippen LogP contribution in [-0.4, -0.2) is 49.1 Å². The highest BCUT2D eigenvalue weighted by atomic mass is 32.2. The van der Waals surface area contributed by atoms with Crippen molar-refractivity contribution in [2.24, 2.45) is 5.92 Å². The molecule has 1 fully saturated rings. The Morgan fingerprint density at radius 1 is 1.21 bits per heavy atom. The molecule has 1 saturated heterocycles. The number of carbonyl (C=O) groups excluding carboxylic acids is 1. The molecule has 152 valence electrons.